The molecule has 0 amide bonds. The summed E-state index contributed by atoms with van der Waals surface area (Å²) in [4.78, 5) is 2.44. The quantitative estimate of drug-likeness (QED) is 0.652. The minimum Gasteiger partial charge on any atom is -0.381 e. The third-order valence-corrected chi connectivity index (χ3v) is 2.90. The van der Waals surface area contributed by atoms with Crippen LogP contribution in [0.15, 0.2) is 0 Å². The molecule has 0 aromatic heterocycles. The largest absolute Gasteiger partial charge is 0.381 e. The van der Waals surface area contributed by atoms with Crippen molar-refractivity contribution >= 4 is 0 Å². The molecule has 3 nitrogen and oxygen atoms in total. The van der Waals surface area contributed by atoms with E-state index in [0.29, 0.717) is 0 Å². The fraction of sp³-hybridized carbons (Fsp3) is 1.00. The Kier molecular flexibility index (Phi) is 6.15. The summed E-state index contributed by atoms with van der Waals surface area (Å²) in [5.74, 6) is 0.853. The molecule has 0 atom stereocenters. The van der Waals surface area contributed by atoms with Gasteiger partial charge in [0.25, 0.3) is 0 Å². The van der Waals surface area contributed by atoms with Crippen LogP contribution in [0.25, 0.3) is 0 Å². The maximum atomic E-state index is 5.46. The van der Waals surface area contributed by atoms with Crippen molar-refractivity contribution in [1.29, 1.82) is 0 Å². The van der Waals surface area contributed by atoms with Crippen LogP contribution >= 0.6 is 0 Å². The molecule has 0 spiro atoms. The lowest BCUT2D eigenvalue weighted by Gasteiger charge is -2.27. The lowest BCUT2D eigenvalue weighted by Crippen LogP contribution is -2.30. The Bertz CT molecular complexity index is 135. The van der Waals surface area contributed by atoms with Crippen molar-refractivity contribution in [3.63, 3.8) is 0 Å². The van der Waals surface area contributed by atoms with Crippen LogP contribution in [0.3, 0.4) is 0 Å². The highest BCUT2D eigenvalue weighted by molar-refractivity contribution is 4.67. The van der Waals surface area contributed by atoms with E-state index < -0.39 is 0 Å². The first-order chi connectivity index (χ1) is 6.83. The zero-order valence-electron chi connectivity index (χ0n) is 9.37. The van der Waals surface area contributed by atoms with Gasteiger partial charge in [-0.1, -0.05) is 0 Å². The second-order valence-corrected chi connectivity index (χ2v) is 4.31. The van der Waals surface area contributed by atoms with Gasteiger partial charge in [-0.15, -0.1) is 0 Å². The molecule has 0 aliphatic carbocycles. The van der Waals surface area contributed by atoms with Crippen LogP contribution in [0, 0.1) is 5.92 Å². The van der Waals surface area contributed by atoms with Crippen molar-refractivity contribution in [2.45, 2.75) is 25.7 Å². The number of rotatable bonds is 6. The van der Waals surface area contributed by atoms with Gasteiger partial charge < -0.3 is 15.4 Å². The summed E-state index contributed by atoms with van der Waals surface area (Å²) in [5.41, 5.74) is 5.46. The molecule has 0 unspecified atom stereocenters. The molecule has 0 aromatic rings. The molecule has 3 heteroatoms. The van der Waals surface area contributed by atoms with Crippen LogP contribution < -0.4 is 5.73 Å². The van der Waals surface area contributed by atoms with E-state index in [1.54, 1.807) is 0 Å². The van der Waals surface area contributed by atoms with Gasteiger partial charge in [0.1, 0.15) is 0 Å². The fourth-order valence-electron chi connectivity index (χ4n) is 1.99. The Morgan fingerprint density at radius 1 is 1.29 bits per heavy atom. The molecule has 0 radical (unpaired) electrons. The molecular weight excluding hydrogens is 176 g/mol. The lowest BCUT2D eigenvalue weighted by atomic mass is 10.00. The molecule has 0 saturated carbocycles. The van der Waals surface area contributed by atoms with Gasteiger partial charge in [-0.25, -0.2) is 0 Å². The predicted octanol–water partition coefficient (Wildman–Crippen LogP) is 1.08. The summed E-state index contributed by atoms with van der Waals surface area (Å²) < 4.78 is 5.34. The molecule has 84 valence electrons. The van der Waals surface area contributed by atoms with Crippen LogP contribution in [0.1, 0.15) is 25.7 Å². The van der Waals surface area contributed by atoms with Crippen molar-refractivity contribution in [2.24, 2.45) is 11.7 Å². The SMILES string of the molecule is CN(CCCCN)CC1CCOCC1. The van der Waals surface area contributed by atoms with Crippen LogP contribution in [0.4, 0.5) is 0 Å². The van der Waals surface area contributed by atoms with Crippen molar-refractivity contribution in [3.8, 4) is 0 Å². The van der Waals surface area contributed by atoms with E-state index in [0.717, 1.165) is 32.1 Å². The Labute approximate surface area is 87.6 Å². The molecule has 1 rings (SSSR count). The normalized spacial score (nSPS) is 19.1. The summed E-state index contributed by atoms with van der Waals surface area (Å²) in [6.07, 6.45) is 4.86. The molecule has 1 aliphatic heterocycles. The van der Waals surface area contributed by atoms with Gasteiger partial charge in [-0.2, -0.15) is 0 Å². The molecule has 0 bridgehead atoms. The number of nitrogens with zero attached hydrogens (tertiary/aromatic N) is 1. The Morgan fingerprint density at radius 3 is 2.64 bits per heavy atom. The van der Waals surface area contributed by atoms with Gasteiger partial charge >= 0.3 is 0 Å². The number of nitrogens with two attached hydrogens (primary N) is 1. The fourth-order valence-corrected chi connectivity index (χ4v) is 1.99. The van der Waals surface area contributed by atoms with Gasteiger partial charge in [0, 0.05) is 19.8 Å². The predicted molar refractivity (Wildman–Crippen MR) is 59.3 cm³/mol. The van der Waals surface area contributed by atoms with E-state index >= 15 is 0 Å². The monoisotopic (exact) mass is 200 g/mol. The molecule has 1 saturated heterocycles. The van der Waals surface area contributed by atoms with Crippen LogP contribution in [-0.2, 0) is 4.74 Å². The van der Waals surface area contributed by atoms with Crippen LogP contribution in [-0.4, -0.2) is 44.8 Å². The van der Waals surface area contributed by atoms with Gasteiger partial charge in [-0.05, 0) is 51.7 Å². The second kappa shape index (κ2) is 7.21. The highest BCUT2D eigenvalue weighted by Crippen LogP contribution is 2.15. The van der Waals surface area contributed by atoms with E-state index in [9.17, 15) is 0 Å². The summed E-state index contributed by atoms with van der Waals surface area (Å²) in [6, 6.07) is 0. The van der Waals surface area contributed by atoms with E-state index in [-0.39, 0.29) is 0 Å². The summed E-state index contributed by atoms with van der Waals surface area (Å²) in [5, 5.41) is 0. The number of hydrogen-bond donors (Lipinski definition) is 1. The Morgan fingerprint density at radius 2 is 2.00 bits per heavy atom. The van der Waals surface area contributed by atoms with Crippen LogP contribution in [0.5, 0.6) is 0 Å². The van der Waals surface area contributed by atoms with E-state index in [4.69, 9.17) is 10.5 Å². The highest BCUT2D eigenvalue weighted by atomic mass is 16.5. The first kappa shape index (κ1) is 12.0. The van der Waals surface area contributed by atoms with Crippen molar-refractivity contribution in [2.75, 3.05) is 39.9 Å². The standard InChI is InChI=1S/C11H24N2O/c1-13(7-3-2-6-12)10-11-4-8-14-9-5-11/h11H,2-10,12H2,1H3. The highest BCUT2D eigenvalue weighted by Gasteiger charge is 2.15. The number of hydrogen-bond acceptors (Lipinski definition) is 3. The molecule has 2 N–H and O–H groups in total. The molecule has 1 aliphatic rings. The first-order valence-electron chi connectivity index (χ1n) is 5.79. The van der Waals surface area contributed by atoms with Crippen molar-refractivity contribution in [3.05, 3.63) is 0 Å². The smallest absolute Gasteiger partial charge is 0.0469 e. The zero-order valence-corrected chi connectivity index (χ0v) is 9.37. The maximum absolute atomic E-state index is 5.46. The van der Waals surface area contributed by atoms with E-state index in [2.05, 4.69) is 11.9 Å². The molecule has 1 fully saturated rings. The Balaban J connectivity index is 2.03. The van der Waals surface area contributed by atoms with Crippen molar-refractivity contribution in [1.82, 2.24) is 4.90 Å². The minimum absolute atomic E-state index is 0.825. The summed E-state index contributed by atoms with van der Waals surface area (Å²) in [6.45, 7) is 5.16. The maximum Gasteiger partial charge on any atom is 0.0469 e. The zero-order chi connectivity index (χ0) is 10.2. The van der Waals surface area contributed by atoms with Crippen molar-refractivity contribution < 1.29 is 4.74 Å². The topological polar surface area (TPSA) is 38.5 Å². The van der Waals surface area contributed by atoms with Crippen LogP contribution in [0.2, 0.25) is 0 Å². The van der Waals surface area contributed by atoms with Gasteiger partial charge in [0.2, 0.25) is 0 Å². The number of ether oxygens (including phenoxy) is 1. The average molecular weight is 200 g/mol. The third-order valence-electron chi connectivity index (χ3n) is 2.90. The average Bonchev–Trinajstić information content (AvgIpc) is 2.20. The molecule has 14 heavy (non-hydrogen) atoms. The van der Waals surface area contributed by atoms with E-state index in [1.807, 2.05) is 0 Å². The molecule has 1 heterocycles. The molecular formula is C11H24N2O. The molecule has 0 aromatic carbocycles. The van der Waals surface area contributed by atoms with Gasteiger partial charge in [0.05, 0.1) is 0 Å². The summed E-state index contributed by atoms with van der Waals surface area (Å²) >= 11 is 0. The number of unbranched alkanes of at least 4 members (excludes halogenated alkanes) is 1. The minimum atomic E-state index is 0.825. The second-order valence-electron chi connectivity index (χ2n) is 4.31. The van der Waals surface area contributed by atoms with Gasteiger partial charge in [0.15, 0.2) is 0 Å². The first-order valence-corrected chi connectivity index (χ1v) is 5.79. The summed E-state index contributed by atoms with van der Waals surface area (Å²) in [7, 11) is 2.21. The van der Waals surface area contributed by atoms with E-state index in [1.165, 1.54) is 32.4 Å². The Hall–Kier alpha value is -0.120. The van der Waals surface area contributed by atoms with Gasteiger partial charge in [-0.3, -0.25) is 0 Å². The lowest BCUT2D eigenvalue weighted by molar-refractivity contribution is 0.0556. The third kappa shape index (κ3) is 4.94.